The van der Waals surface area contributed by atoms with Gasteiger partial charge in [0.1, 0.15) is 0 Å². The van der Waals surface area contributed by atoms with Crippen molar-refractivity contribution in [1.82, 2.24) is 15.0 Å². The van der Waals surface area contributed by atoms with E-state index in [0.717, 1.165) is 5.69 Å². The van der Waals surface area contributed by atoms with Gasteiger partial charge < -0.3 is 0 Å². The van der Waals surface area contributed by atoms with Gasteiger partial charge in [0, 0.05) is 18.7 Å². The Balaban J connectivity index is 0.000000396. The lowest BCUT2D eigenvalue weighted by molar-refractivity contribution is 0.264. The summed E-state index contributed by atoms with van der Waals surface area (Å²) < 4.78 is 1.78. The molecule has 1 saturated carbocycles. The summed E-state index contributed by atoms with van der Waals surface area (Å²) >= 11 is 0. The molecule has 1 aromatic rings. The highest BCUT2D eigenvalue weighted by atomic mass is 15.4. The topological polar surface area (TPSA) is 30.7 Å². The molecule has 3 heteroatoms. The van der Waals surface area contributed by atoms with Crippen molar-refractivity contribution in [3.63, 3.8) is 0 Å². The second kappa shape index (κ2) is 3.90. The average Bonchev–Trinajstić information content (AvgIpc) is 2.52. The molecular formula is C10H19N3. The fourth-order valence-electron chi connectivity index (χ4n) is 1.59. The molecule has 0 spiro atoms. The smallest absolute Gasteiger partial charge is 0.0885 e. The van der Waals surface area contributed by atoms with Gasteiger partial charge in [-0.1, -0.05) is 32.4 Å². The summed E-state index contributed by atoms with van der Waals surface area (Å²) in [5, 5.41) is 8.05. The van der Waals surface area contributed by atoms with Gasteiger partial charge in [0.15, 0.2) is 0 Å². The summed E-state index contributed by atoms with van der Waals surface area (Å²) in [4.78, 5) is 0. The molecule has 0 atom stereocenters. The number of hydrogen-bond acceptors (Lipinski definition) is 2. The number of nitrogens with zero attached hydrogens (tertiary/aromatic N) is 3. The fraction of sp³-hybridized carbons (Fsp3) is 0.800. The molecule has 0 bridgehead atoms. The first-order chi connectivity index (χ1) is 6.21. The lowest BCUT2D eigenvalue weighted by Crippen LogP contribution is -2.30. The van der Waals surface area contributed by atoms with Gasteiger partial charge in [0.2, 0.25) is 0 Å². The first kappa shape index (κ1) is 10.2. The summed E-state index contributed by atoms with van der Waals surface area (Å²) in [6, 6.07) is 0. The number of aromatic nitrogens is 3. The maximum absolute atomic E-state index is 4.12. The Morgan fingerprint density at radius 1 is 1.38 bits per heavy atom. The fourth-order valence-corrected chi connectivity index (χ4v) is 1.59. The molecule has 1 aromatic heterocycles. The molecule has 3 nitrogen and oxygen atoms in total. The van der Waals surface area contributed by atoms with Crippen LogP contribution in [-0.4, -0.2) is 15.0 Å². The van der Waals surface area contributed by atoms with Crippen molar-refractivity contribution in [3.8, 4) is 0 Å². The molecule has 0 amide bonds. The Morgan fingerprint density at radius 3 is 2.31 bits per heavy atom. The molecule has 2 rings (SSSR count). The van der Waals surface area contributed by atoms with Crippen LogP contribution in [0.1, 0.15) is 45.7 Å². The molecule has 74 valence electrons. The van der Waals surface area contributed by atoms with Crippen molar-refractivity contribution in [2.24, 2.45) is 7.05 Å². The Bertz CT molecular complexity index is 261. The summed E-state index contributed by atoms with van der Waals surface area (Å²) in [7, 11) is 1.92. The molecule has 1 heterocycles. The largest absolute Gasteiger partial charge is 0.255 e. The molecule has 0 saturated heterocycles. The van der Waals surface area contributed by atoms with Crippen molar-refractivity contribution >= 4 is 0 Å². The van der Waals surface area contributed by atoms with Crippen molar-refractivity contribution in [2.75, 3.05) is 0 Å². The van der Waals surface area contributed by atoms with E-state index in [4.69, 9.17) is 0 Å². The molecule has 1 aliphatic carbocycles. The molecule has 0 unspecified atom stereocenters. The summed E-state index contributed by atoms with van der Waals surface area (Å²) in [5.41, 5.74) is 1.50. The van der Waals surface area contributed by atoms with E-state index in [2.05, 4.69) is 17.2 Å². The Kier molecular flexibility index (Phi) is 3.07. The molecule has 1 aliphatic rings. The zero-order valence-electron chi connectivity index (χ0n) is 9.04. The molecule has 1 fully saturated rings. The van der Waals surface area contributed by atoms with E-state index < -0.39 is 0 Å². The molecule has 0 radical (unpaired) electrons. The van der Waals surface area contributed by atoms with Crippen molar-refractivity contribution < 1.29 is 0 Å². The van der Waals surface area contributed by atoms with E-state index in [1.54, 1.807) is 4.68 Å². The van der Waals surface area contributed by atoms with Crippen LogP contribution in [0.4, 0.5) is 0 Å². The molecule has 0 N–H and O–H groups in total. The Hall–Kier alpha value is -0.860. The van der Waals surface area contributed by atoms with Gasteiger partial charge in [-0.05, 0) is 12.8 Å². The van der Waals surface area contributed by atoms with Crippen LogP contribution in [0.2, 0.25) is 0 Å². The molecule has 0 aromatic carbocycles. The van der Waals surface area contributed by atoms with E-state index in [1.165, 1.54) is 19.3 Å². The first-order valence-corrected chi connectivity index (χ1v) is 5.07. The SMILES string of the molecule is CC.Cn1cc(C2(C)CCC2)nn1. The van der Waals surface area contributed by atoms with Crippen LogP contribution in [0.5, 0.6) is 0 Å². The lowest BCUT2D eigenvalue weighted by atomic mass is 9.68. The minimum Gasteiger partial charge on any atom is -0.255 e. The van der Waals surface area contributed by atoms with Crippen molar-refractivity contribution in [1.29, 1.82) is 0 Å². The van der Waals surface area contributed by atoms with Crippen LogP contribution >= 0.6 is 0 Å². The molecule has 13 heavy (non-hydrogen) atoms. The van der Waals surface area contributed by atoms with E-state index in [9.17, 15) is 0 Å². The predicted octanol–water partition coefficient (Wildman–Crippen LogP) is 2.28. The van der Waals surface area contributed by atoms with E-state index in [-0.39, 0.29) is 0 Å². The second-order valence-corrected chi connectivity index (χ2v) is 3.69. The quantitative estimate of drug-likeness (QED) is 0.665. The Labute approximate surface area is 80.1 Å². The zero-order chi connectivity index (χ0) is 9.90. The highest BCUT2D eigenvalue weighted by molar-refractivity contribution is 5.14. The van der Waals surface area contributed by atoms with E-state index in [0.29, 0.717) is 5.41 Å². The monoisotopic (exact) mass is 181 g/mol. The van der Waals surface area contributed by atoms with Gasteiger partial charge in [-0.25, -0.2) is 0 Å². The number of rotatable bonds is 1. The van der Waals surface area contributed by atoms with Gasteiger partial charge in [0.05, 0.1) is 5.69 Å². The van der Waals surface area contributed by atoms with Crippen LogP contribution in [0.15, 0.2) is 6.20 Å². The zero-order valence-corrected chi connectivity index (χ0v) is 9.04. The standard InChI is InChI=1S/C8H13N3.C2H6/c1-8(4-3-5-8)7-6-11(2)10-9-7;1-2/h6H,3-5H2,1-2H3;1-2H3. The maximum Gasteiger partial charge on any atom is 0.0885 e. The maximum atomic E-state index is 4.12. The van der Waals surface area contributed by atoms with E-state index in [1.807, 2.05) is 27.1 Å². The molecule has 0 aliphatic heterocycles. The third-order valence-corrected chi connectivity index (χ3v) is 2.68. The summed E-state index contributed by atoms with van der Waals surface area (Å²) in [6.45, 7) is 6.26. The van der Waals surface area contributed by atoms with Gasteiger partial charge in [-0.15, -0.1) is 5.10 Å². The van der Waals surface area contributed by atoms with Gasteiger partial charge in [0.25, 0.3) is 0 Å². The first-order valence-electron chi connectivity index (χ1n) is 5.07. The third kappa shape index (κ3) is 1.90. The van der Waals surface area contributed by atoms with Crippen molar-refractivity contribution in [2.45, 2.75) is 45.4 Å². The second-order valence-electron chi connectivity index (χ2n) is 3.69. The summed E-state index contributed by atoms with van der Waals surface area (Å²) in [6.07, 6.45) is 5.91. The highest BCUT2D eigenvalue weighted by Gasteiger charge is 2.35. The van der Waals surface area contributed by atoms with Crippen LogP contribution < -0.4 is 0 Å². The Morgan fingerprint density at radius 2 is 2.00 bits per heavy atom. The van der Waals surface area contributed by atoms with Crippen molar-refractivity contribution in [3.05, 3.63) is 11.9 Å². The van der Waals surface area contributed by atoms with Crippen LogP contribution in [0.25, 0.3) is 0 Å². The van der Waals surface area contributed by atoms with Crippen LogP contribution in [0.3, 0.4) is 0 Å². The third-order valence-electron chi connectivity index (χ3n) is 2.68. The predicted molar refractivity (Wildman–Crippen MR) is 53.6 cm³/mol. The minimum atomic E-state index is 0.342. The van der Waals surface area contributed by atoms with Gasteiger partial charge in [-0.3, -0.25) is 4.68 Å². The van der Waals surface area contributed by atoms with Crippen LogP contribution in [0, 0.1) is 0 Å². The van der Waals surface area contributed by atoms with Crippen LogP contribution in [-0.2, 0) is 12.5 Å². The minimum absolute atomic E-state index is 0.342. The summed E-state index contributed by atoms with van der Waals surface area (Å²) in [5.74, 6) is 0. The van der Waals surface area contributed by atoms with Gasteiger partial charge in [-0.2, -0.15) is 0 Å². The van der Waals surface area contributed by atoms with Gasteiger partial charge >= 0.3 is 0 Å². The average molecular weight is 181 g/mol. The normalized spacial score (nSPS) is 18.5. The highest BCUT2D eigenvalue weighted by Crippen LogP contribution is 2.41. The lowest BCUT2D eigenvalue weighted by Gasteiger charge is -2.36. The number of hydrogen-bond donors (Lipinski definition) is 0. The molecular weight excluding hydrogens is 162 g/mol. The number of aryl methyl sites for hydroxylation is 1. The van der Waals surface area contributed by atoms with E-state index >= 15 is 0 Å².